The lowest BCUT2D eigenvalue weighted by Crippen LogP contribution is -2.31. The fourth-order valence-corrected chi connectivity index (χ4v) is 1.75. The van der Waals surface area contributed by atoms with E-state index in [1.54, 1.807) is 6.07 Å². The molecule has 3 nitrogen and oxygen atoms in total. The van der Waals surface area contributed by atoms with Crippen LogP contribution in [0.4, 0.5) is 4.39 Å². The summed E-state index contributed by atoms with van der Waals surface area (Å²) in [5.74, 6) is -0.758. The Hall–Kier alpha value is -2.20. The first-order valence-electron chi connectivity index (χ1n) is 6.01. The van der Waals surface area contributed by atoms with Crippen molar-refractivity contribution in [1.82, 2.24) is 5.32 Å². The summed E-state index contributed by atoms with van der Waals surface area (Å²) in [5.41, 5.74) is 7.20. The SMILES string of the molecule is NC(CNC(=O)c1cccc(F)c1)c1ccccc1. The number of benzene rings is 2. The van der Waals surface area contributed by atoms with Crippen LogP contribution in [-0.4, -0.2) is 12.5 Å². The zero-order valence-corrected chi connectivity index (χ0v) is 10.3. The number of nitrogens with one attached hydrogen (secondary N) is 1. The highest BCUT2D eigenvalue weighted by Crippen LogP contribution is 2.09. The molecule has 0 spiro atoms. The second kappa shape index (κ2) is 6.11. The molecule has 0 saturated carbocycles. The van der Waals surface area contributed by atoms with Gasteiger partial charge in [-0.25, -0.2) is 4.39 Å². The van der Waals surface area contributed by atoms with Crippen molar-refractivity contribution in [1.29, 1.82) is 0 Å². The van der Waals surface area contributed by atoms with Crippen LogP contribution in [0.5, 0.6) is 0 Å². The van der Waals surface area contributed by atoms with Gasteiger partial charge in [-0.3, -0.25) is 4.79 Å². The van der Waals surface area contributed by atoms with E-state index in [0.717, 1.165) is 5.56 Å². The lowest BCUT2D eigenvalue weighted by molar-refractivity contribution is 0.0950. The fourth-order valence-electron chi connectivity index (χ4n) is 1.75. The minimum Gasteiger partial charge on any atom is -0.350 e. The molecule has 98 valence electrons. The van der Waals surface area contributed by atoms with Crippen molar-refractivity contribution in [2.75, 3.05) is 6.54 Å². The standard InChI is InChI=1S/C15H15FN2O/c16-13-8-4-7-12(9-13)15(19)18-10-14(17)11-5-2-1-3-6-11/h1-9,14H,10,17H2,(H,18,19). The molecule has 1 unspecified atom stereocenters. The molecule has 19 heavy (non-hydrogen) atoms. The third-order valence-electron chi connectivity index (χ3n) is 2.80. The van der Waals surface area contributed by atoms with Crippen LogP contribution >= 0.6 is 0 Å². The predicted octanol–water partition coefficient (Wildman–Crippen LogP) is 2.26. The van der Waals surface area contributed by atoms with Gasteiger partial charge >= 0.3 is 0 Å². The van der Waals surface area contributed by atoms with Crippen molar-refractivity contribution in [3.63, 3.8) is 0 Å². The zero-order valence-electron chi connectivity index (χ0n) is 10.3. The molecule has 3 N–H and O–H groups in total. The Labute approximate surface area is 111 Å². The van der Waals surface area contributed by atoms with E-state index in [0.29, 0.717) is 12.1 Å². The van der Waals surface area contributed by atoms with Gasteiger partial charge in [0.1, 0.15) is 5.82 Å². The molecule has 0 radical (unpaired) electrons. The Balaban J connectivity index is 1.94. The molecule has 0 aliphatic heterocycles. The Morgan fingerprint density at radius 1 is 1.16 bits per heavy atom. The Morgan fingerprint density at radius 3 is 2.58 bits per heavy atom. The van der Waals surface area contributed by atoms with Crippen LogP contribution in [0.1, 0.15) is 22.0 Å². The molecular weight excluding hydrogens is 243 g/mol. The largest absolute Gasteiger partial charge is 0.350 e. The Bertz CT molecular complexity index is 557. The number of hydrogen-bond donors (Lipinski definition) is 2. The first-order chi connectivity index (χ1) is 9.16. The number of hydrogen-bond acceptors (Lipinski definition) is 2. The van der Waals surface area contributed by atoms with E-state index in [-0.39, 0.29) is 11.9 Å². The lowest BCUT2D eigenvalue weighted by Gasteiger charge is -2.13. The fraction of sp³-hybridized carbons (Fsp3) is 0.133. The zero-order chi connectivity index (χ0) is 13.7. The molecule has 1 amide bonds. The number of carbonyl (C=O) groups excluding carboxylic acids is 1. The molecule has 0 saturated heterocycles. The van der Waals surface area contributed by atoms with Gasteiger partial charge in [0, 0.05) is 18.2 Å². The average Bonchev–Trinajstić information content (AvgIpc) is 2.45. The van der Waals surface area contributed by atoms with Crippen LogP contribution in [0.2, 0.25) is 0 Å². The predicted molar refractivity (Wildman–Crippen MR) is 72.1 cm³/mol. The smallest absolute Gasteiger partial charge is 0.251 e. The number of rotatable bonds is 4. The normalized spacial score (nSPS) is 11.9. The quantitative estimate of drug-likeness (QED) is 0.883. The van der Waals surface area contributed by atoms with Crippen LogP contribution in [0.15, 0.2) is 54.6 Å². The molecule has 2 rings (SSSR count). The highest BCUT2D eigenvalue weighted by atomic mass is 19.1. The third kappa shape index (κ3) is 3.63. The van der Waals surface area contributed by atoms with E-state index in [2.05, 4.69) is 5.32 Å². The minimum absolute atomic E-state index is 0.279. The first-order valence-corrected chi connectivity index (χ1v) is 6.01. The van der Waals surface area contributed by atoms with E-state index < -0.39 is 5.82 Å². The number of nitrogens with two attached hydrogens (primary N) is 1. The van der Waals surface area contributed by atoms with Crippen molar-refractivity contribution in [2.24, 2.45) is 5.73 Å². The number of amides is 1. The second-order valence-electron chi connectivity index (χ2n) is 4.24. The number of carbonyl (C=O) groups is 1. The van der Waals surface area contributed by atoms with Crippen LogP contribution in [0.25, 0.3) is 0 Å². The van der Waals surface area contributed by atoms with Gasteiger partial charge in [0.2, 0.25) is 0 Å². The maximum absolute atomic E-state index is 13.0. The van der Waals surface area contributed by atoms with E-state index in [1.807, 2.05) is 30.3 Å². The molecule has 1 atom stereocenters. The summed E-state index contributed by atoms with van der Waals surface area (Å²) in [6, 6.07) is 14.8. The van der Waals surface area contributed by atoms with Crippen molar-refractivity contribution < 1.29 is 9.18 Å². The molecule has 0 fully saturated rings. The highest BCUT2D eigenvalue weighted by molar-refractivity contribution is 5.94. The van der Waals surface area contributed by atoms with Gasteiger partial charge in [0.05, 0.1) is 0 Å². The van der Waals surface area contributed by atoms with Gasteiger partial charge in [-0.15, -0.1) is 0 Å². The molecule has 0 heterocycles. The van der Waals surface area contributed by atoms with Crippen LogP contribution in [0, 0.1) is 5.82 Å². The molecular formula is C15H15FN2O. The topological polar surface area (TPSA) is 55.1 Å². The molecule has 0 bridgehead atoms. The summed E-state index contributed by atoms with van der Waals surface area (Å²) < 4.78 is 13.0. The van der Waals surface area contributed by atoms with Crippen molar-refractivity contribution in [2.45, 2.75) is 6.04 Å². The highest BCUT2D eigenvalue weighted by Gasteiger charge is 2.09. The summed E-state index contributed by atoms with van der Waals surface area (Å²) in [6.07, 6.45) is 0. The summed E-state index contributed by atoms with van der Waals surface area (Å²) in [4.78, 5) is 11.8. The average molecular weight is 258 g/mol. The van der Waals surface area contributed by atoms with Gasteiger partial charge in [-0.1, -0.05) is 36.4 Å². The molecule has 2 aromatic carbocycles. The monoisotopic (exact) mass is 258 g/mol. The summed E-state index contributed by atoms with van der Waals surface area (Å²) in [5, 5.41) is 2.69. The summed E-state index contributed by atoms with van der Waals surface area (Å²) in [7, 11) is 0. The van der Waals surface area contributed by atoms with Crippen molar-refractivity contribution >= 4 is 5.91 Å². The van der Waals surface area contributed by atoms with Gasteiger partial charge in [-0.05, 0) is 23.8 Å². The number of halogens is 1. The molecule has 4 heteroatoms. The van der Waals surface area contributed by atoms with Crippen molar-refractivity contribution in [3.8, 4) is 0 Å². The summed E-state index contributed by atoms with van der Waals surface area (Å²) >= 11 is 0. The Morgan fingerprint density at radius 2 is 1.89 bits per heavy atom. The van der Waals surface area contributed by atoms with Crippen LogP contribution in [-0.2, 0) is 0 Å². The van der Waals surface area contributed by atoms with Crippen LogP contribution in [0.3, 0.4) is 0 Å². The van der Waals surface area contributed by atoms with E-state index in [1.165, 1.54) is 18.2 Å². The van der Waals surface area contributed by atoms with E-state index >= 15 is 0 Å². The summed E-state index contributed by atoms with van der Waals surface area (Å²) in [6.45, 7) is 0.305. The van der Waals surface area contributed by atoms with Gasteiger partial charge < -0.3 is 11.1 Å². The van der Waals surface area contributed by atoms with Crippen molar-refractivity contribution in [3.05, 3.63) is 71.5 Å². The third-order valence-corrected chi connectivity index (χ3v) is 2.80. The van der Waals surface area contributed by atoms with Gasteiger partial charge in [0.25, 0.3) is 5.91 Å². The molecule has 0 aromatic heterocycles. The maximum Gasteiger partial charge on any atom is 0.251 e. The second-order valence-corrected chi connectivity index (χ2v) is 4.24. The van der Waals surface area contributed by atoms with Gasteiger partial charge in [0.15, 0.2) is 0 Å². The van der Waals surface area contributed by atoms with Crippen LogP contribution < -0.4 is 11.1 Å². The molecule has 0 aliphatic rings. The maximum atomic E-state index is 13.0. The first kappa shape index (κ1) is 13.2. The Kier molecular flexibility index (Phi) is 4.26. The minimum atomic E-state index is -0.431. The van der Waals surface area contributed by atoms with Gasteiger partial charge in [-0.2, -0.15) is 0 Å². The van der Waals surface area contributed by atoms with E-state index in [4.69, 9.17) is 5.73 Å². The lowest BCUT2D eigenvalue weighted by atomic mass is 10.1. The molecule has 0 aliphatic carbocycles. The van der Waals surface area contributed by atoms with E-state index in [9.17, 15) is 9.18 Å². The molecule has 2 aromatic rings.